The first-order chi connectivity index (χ1) is 19.6. The molecule has 0 N–H and O–H groups in total. The van der Waals surface area contributed by atoms with Crippen LogP contribution in [0.25, 0.3) is 28.0 Å². The summed E-state index contributed by atoms with van der Waals surface area (Å²) in [4.78, 5) is 27.2. The zero-order valence-corrected chi connectivity index (χ0v) is 21.6. The number of benzene rings is 2. The van der Waals surface area contributed by atoms with Crippen LogP contribution in [0.15, 0.2) is 76.5 Å². The summed E-state index contributed by atoms with van der Waals surface area (Å²) in [6.07, 6.45) is 4.88. The van der Waals surface area contributed by atoms with Crippen molar-refractivity contribution in [1.82, 2.24) is 24.6 Å². The summed E-state index contributed by atoms with van der Waals surface area (Å²) < 4.78 is 30.5. The van der Waals surface area contributed by atoms with Gasteiger partial charge in [-0.15, -0.1) is 5.10 Å². The molecule has 4 aromatic heterocycles. The average Bonchev–Trinajstić information content (AvgIpc) is 3.44. The van der Waals surface area contributed by atoms with Gasteiger partial charge in [-0.3, -0.25) is 4.98 Å². The summed E-state index contributed by atoms with van der Waals surface area (Å²) >= 11 is 0. The molecule has 1 unspecified atom stereocenters. The van der Waals surface area contributed by atoms with E-state index in [2.05, 4.69) is 15.1 Å². The number of methoxy groups -OCH3 is 3. The van der Waals surface area contributed by atoms with E-state index in [0.29, 0.717) is 68.0 Å². The van der Waals surface area contributed by atoms with Gasteiger partial charge in [0.05, 0.1) is 43.8 Å². The number of para-hydroxylation sites is 1. The van der Waals surface area contributed by atoms with Crippen LogP contribution in [0.4, 0.5) is 0 Å². The standard InChI is InChI=1S/C29H21N5O6/c1-36-19-12-16(13-20(37-2)25(19)38-3)21-22-24(17-6-4-5-7-18(17)39-29(22)35)40-28-23(21)27-32-26(33-34(27)14-31-28)15-8-10-30-11-9-15/h4-14,21H,1-3H3. The summed E-state index contributed by atoms with van der Waals surface area (Å²) in [5, 5.41) is 5.27. The minimum absolute atomic E-state index is 0.295. The molecule has 1 atom stereocenters. The van der Waals surface area contributed by atoms with E-state index in [1.165, 1.54) is 27.7 Å². The first-order valence-corrected chi connectivity index (χ1v) is 12.3. The van der Waals surface area contributed by atoms with Gasteiger partial charge in [-0.05, 0) is 42.0 Å². The number of nitrogens with zero attached hydrogens (tertiary/aromatic N) is 5. The predicted molar refractivity (Wildman–Crippen MR) is 144 cm³/mol. The molecule has 0 spiro atoms. The molecular weight excluding hydrogens is 514 g/mol. The van der Waals surface area contributed by atoms with Gasteiger partial charge in [0.25, 0.3) is 0 Å². The molecule has 0 saturated heterocycles. The maximum absolute atomic E-state index is 13.7. The third kappa shape index (κ3) is 3.48. The maximum atomic E-state index is 13.7. The highest BCUT2D eigenvalue weighted by molar-refractivity contribution is 5.87. The van der Waals surface area contributed by atoms with E-state index in [9.17, 15) is 4.79 Å². The highest BCUT2D eigenvalue weighted by Crippen LogP contribution is 2.51. The fraction of sp³-hybridized carbons (Fsp3) is 0.138. The molecule has 0 bridgehead atoms. The zero-order valence-electron chi connectivity index (χ0n) is 21.6. The van der Waals surface area contributed by atoms with Crippen molar-refractivity contribution in [2.24, 2.45) is 0 Å². The Hall–Kier alpha value is -5.45. The van der Waals surface area contributed by atoms with E-state index in [4.69, 9.17) is 28.3 Å². The van der Waals surface area contributed by atoms with Crippen molar-refractivity contribution in [1.29, 1.82) is 0 Å². The highest BCUT2D eigenvalue weighted by Gasteiger charge is 2.38. The van der Waals surface area contributed by atoms with Crippen molar-refractivity contribution in [3.05, 3.63) is 94.4 Å². The number of aromatic nitrogens is 5. The number of hydrogen-bond donors (Lipinski definition) is 0. The lowest BCUT2D eigenvalue weighted by Crippen LogP contribution is -2.22. The molecule has 0 aliphatic carbocycles. The van der Waals surface area contributed by atoms with E-state index < -0.39 is 11.5 Å². The van der Waals surface area contributed by atoms with Crippen LogP contribution in [0.5, 0.6) is 28.9 Å². The molecule has 0 fully saturated rings. The quantitative estimate of drug-likeness (QED) is 0.289. The minimum Gasteiger partial charge on any atom is -0.493 e. The Morgan fingerprint density at radius 3 is 2.40 bits per heavy atom. The van der Waals surface area contributed by atoms with Gasteiger partial charge in [-0.25, -0.2) is 19.3 Å². The van der Waals surface area contributed by atoms with Crippen molar-refractivity contribution in [3.8, 4) is 40.3 Å². The third-order valence-electron chi connectivity index (χ3n) is 6.92. The van der Waals surface area contributed by atoms with Gasteiger partial charge in [0.2, 0.25) is 11.6 Å². The number of hydrogen-bond acceptors (Lipinski definition) is 10. The topological polar surface area (TPSA) is 123 Å². The lowest BCUT2D eigenvalue weighted by molar-refractivity contribution is 0.323. The molecular formula is C29H21N5O6. The fourth-order valence-corrected chi connectivity index (χ4v) is 5.15. The Morgan fingerprint density at radius 2 is 1.68 bits per heavy atom. The summed E-state index contributed by atoms with van der Waals surface area (Å²) in [6, 6.07) is 14.4. The lowest BCUT2D eigenvalue weighted by Gasteiger charge is -2.28. The SMILES string of the molecule is COc1cc(C2c3c(c4ccccc4oc3=O)Oc3ncn4nc(-c5ccncc5)nc4c32)cc(OC)c1OC. The van der Waals surface area contributed by atoms with Gasteiger partial charge in [0.15, 0.2) is 28.7 Å². The van der Waals surface area contributed by atoms with Gasteiger partial charge >= 0.3 is 5.63 Å². The zero-order chi connectivity index (χ0) is 27.4. The third-order valence-corrected chi connectivity index (χ3v) is 6.92. The van der Waals surface area contributed by atoms with Crippen LogP contribution in [-0.2, 0) is 0 Å². The Balaban J connectivity index is 1.57. The molecule has 1 aliphatic rings. The van der Waals surface area contributed by atoms with Gasteiger partial charge in [-0.1, -0.05) is 12.1 Å². The first-order valence-electron chi connectivity index (χ1n) is 12.3. The van der Waals surface area contributed by atoms with E-state index in [0.717, 1.165) is 5.56 Å². The van der Waals surface area contributed by atoms with E-state index in [1.807, 2.05) is 24.3 Å². The minimum atomic E-state index is -0.723. The second-order valence-electron chi connectivity index (χ2n) is 9.03. The molecule has 0 radical (unpaired) electrons. The molecule has 40 heavy (non-hydrogen) atoms. The predicted octanol–water partition coefficient (Wildman–Crippen LogP) is 4.60. The number of fused-ring (bicyclic) bond motifs is 6. The monoisotopic (exact) mass is 535 g/mol. The molecule has 5 heterocycles. The fourth-order valence-electron chi connectivity index (χ4n) is 5.15. The molecule has 11 nitrogen and oxygen atoms in total. The van der Waals surface area contributed by atoms with Crippen molar-refractivity contribution < 1.29 is 23.4 Å². The Morgan fingerprint density at radius 1 is 0.925 bits per heavy atom. The van der Waals surface area contributed by atoms with Crippen LogP contribution in [0.2, 0.25) is 0 Å². The molecule has 7 rings (SSSR count). The van der Waals surface area contributed by atoms with Crippen molar-refractivity contribution >= 4 is 16.6 Å². The number of pyridine rings is 1. The van der Waals surface area contributed by atoms with Gasteiger partial charge in [0, 0.05) is 18.0 Å². The van der Waals surface area contributed by atoms with Crippen LogP contribution >= 0.6 is 0 Å². The average molecular weight is 536 g/mol. The summed E-state index contributed by atoms with van der Waals surface area (Å²) in [5.41, 5.74) is 2.60. The van der Waals surface area contributed by atoms with Gasteiger partial charge in [0.1, 0.15) is 11.9 Å². The van der Waals surface area contributed by atoms with Crippen LogP contribution in [0.3, 0.4) is 0 Å². The van der Waals surface area contributed by atoms with E-state index >= 15 is 0 Å². The Kier molecular flexibility index (Phi) is 5.37. The largest absolute Gasteiger partial charge is 0.493 e. The van der Waals surface area contributed by atoms with Crippen molar-refractivity contribution in [2.75, 3.05) is 21.3 Å². The Labute approximate surface area is 226 Å². The molecule has 1 aliphatic heterocycles. The lowest BCUT2D eigenvalue weighted by atomic mass is 9.83. The van der Waals surface area contributed by atoms with Crippen LogP contribution < -0.4 is 24.6 Å². The molecule has 6 aromatic rings. The highest BCUT2D eigenvalue weighted by atomic mass is 16.5. The summed E-state index contributed by atoms with van der Waals surface area (Å²) in [5.74, 6) is 1.68. The molecule has 2 aromatic carbocycles. The first kappa shape index (κ1) is 23.7. The van der Waals surface area contributed by atoms with E-state index in [-0.39, 0.29) is 0 Å². The van der Waals surface area contributed by atoms with Crippen molar-refractivity contribution in [3.63, 3.8) is 0 Å². The number of ether oxygens (including phenoxy) is 4. The van der Waals surface area contributed by atoms with E-state index in [1.54, 1.807) is 41.2 Å². The molecule has 198 valence electrons. The molecule has 0 saturated carbocycles. The normalized spacial score (nSPS) is 13.9. The Bertz CT molecular complexity index is 1960. The van der Waals surface area contributed by atoms with Crippen molar-refractivity contribution in [2.45, 2.75) is 5.92 Å². The summed E-state index contributed by atoms with van der Waals surface area (Å²) in [6.45, 7) is 0. The van der Waals surface area contributed by atoms with Gasteiger partial charge in [-0.2, -0.15) is 0 Å². The molecule has 0 amide bonds. The maximum Gasteiger partial charge on any atom is 0.344 e. The van der Waals surface area contributed by atoms with Crippen LogP contribution in [0, 0.1) is 0 Å². The molecule has 11 heteroatoms. The van der Waals surface area contributed by atoms with Gasteiger partial charge < -0.3 is 23.4 Å². The van der Waals surface area contributed by atoms with Crippen LogP contribution in [-0.4, -0.2) is 45.9 Å². The number of rotatable bonds is 5. The smallest absolute Gasteiger partial charge is 0.344 e. The second kappa shape index (κ2) is 9.09. The van der Waals surface area contributed by atoms with Crippen LogP contribution in [0.1, 0.15) is 22.6 Å². The summed E-state index contributed by atoms with van der Waals surface area (Å²) in [7, 11) is 4.60. The second-order valence-corrected chi connectivity index (χ2v) is 9.03.